The highest BCUT2D eigenvalue weighted by Gasteiger charge is 2.31. The zero-order chi connectivity index (χ0) is 18.6. The summed E-state index contributed by atoms with van der Waals surface area (Å²) in [5.74, 6) is -0.123. The quantitative estimate of drug-likeness (QED) is 0.901. The zero-order valence-electron chi connectivity index (χ0n) is 14.3. The lowest BCUT2D eigenvalue weighted by Crippen LogP contribution is -2.44. The predicted molar refractivity (Wildman–Crippen MR) is 86.8 cm³/mol. The Bertz CT molecular complexity index is 628. The number of nitrogens with zero attached hydrogens (tertiary/aromatic N) is 2. The molecule has 0 aromatic heterocycles. The molecule has 1 N–H and O–H groups in total. The van der Waals surface area contributed by atoms with Gasteiger partial charge in [-0.1, -0.05) is 12.1 Å². The van der Waals surface area contributed by atoms with Crippen molar-refractivity contribution in [3.8, 4) is 0 Å². The summed E-state index contributed by atoms with van der Waals surface area (Å²) in [5, 5.41) is 2.62. The number of hydrogen-bond donors (Lipinski definition) is 1. The van der Waals surface area contributed by atoms with E-state index in [0.29, 0.717) is 18.7 Å². The Balaban J connectivity index is 1.94. The van der Waals surface area contributed by atoms with Gasteiger partial charge in [-0.3, -0.25) is 4.79 Å². The van der Waals surface area contributed by atoms with Crippen LogP contribution in [-0.2, 0) is 11.0 Å². The van der Waals surface area contributed by atoms with Gasteiger partial charge in [0.05, 0.1) is 11.6 Å². The molecule has 0 bridgehead atoms. The number of hydrogen-bond acceptors (Lipinski definition) is 2. The number of likely N-dealkylation sites (tertiary alicyclic amines) is 1. The van der Waals surface area contributed by atoms with Crippen LogP contribution in [0.25, 0.3) is 0 Å². The van der Waals surface area contributed by atoms with Crippen molar-refractivity contribution in [3.05, 3.63) is 35.4 Å². The highest BCUT2D eigenvalue weighted by molar-refractivity contribution is 5.84. The maximum Gasteiger partial charge on any atom is 0.416 e. The van der Waals surface area contributed by atoms with Crippen LogP contribution in [0.4, 0.5) is 18.0 Å². The van der Waals surface area contributed by atoms with Gasteiger partial charge in [-0.15, -0.1) is 0 Å². The summed E-state index contributed by atoms with van der Waals surface area (Å²) in [6.07, 6.45) is -2.50. The minimum atomic E-state index is -4.43. The van der Waals surface area contributed by atoms with Gasteiger partial charge in [0.25, 0.3) is 0 Å². The lowest BCUT2D eigenvalue weighted by atomic mass is 10.1. The monoisotopic (exact) mass is 357 g/mol. The van der Waals surface area contributed by atoms with Gasteiger partial charge in [0.15, 0.2) is 0 Å². The normalized spacial score (nSPS) is 15.8. The fourth-order valence-corrected chi connectivity index (χ4v) is 2.70. The van der Waals surface area contributed by atoms with Crippen molar-refractivity contribution in [2.24, 2.45) is 0 Å². The molecule has 5 nitrogen and oxygen atoms in total. The van der Waals surface area contributed by atoms with Gasteiger partial charge in [0.2, 0.25) is 5.91 Å². The second kappa shape index (κ2) is 7.76. The Morgan fingerprint density at radius 3 is 2.52 bits per heavy atom. The first kappa shape index (κ1) is 19.1. The molecule has 0 saturated carbocycles. The molecule has 0 aliphatic carbocycles. The van der Waals surface area contributed by atoms with E-state index < -0.39 is 23.8 Å². The molecular weight excluding hydrogens is 335 g/mol. The molecule has 1 heterocycles. The number of carbonyl (C=O) groups excluding carboxylic acids is 2. The fourth-order valence-electron chi connectivity index (χ4n) is 2.70. The predicted octanol–water partition coefficient (Wildman–Crippen LogP) is 3.03. The van der Waals surface area contributed by atoms with Crippen LogP contribution in [0.2, 0.25) is 0 Å². The first-order valence-corrected chi connectivity index (χ1v) is 8.15. The third kappa shape index (κ3) is 5.11. The van der Waals surface area contributed by atoms with Gasteiger partial charge >= 0.3 is 12.2 Å². The van der Waals surface area contributed by atoms with Crippen LogP contribution in [0.3, 0.4) is 0 Å². The number of alkyl halides is 3. The van der Waals surface area contributed by atoms with E-state index in [1.807, 2.05) is 0 Å². The second-order valence-corrected chi connectivity index (χ2v) is 6.24. The molecule has 1 atom stereocenters. The third-order valence-electron chi connectivity index (χ3n) is 4.23. The first-order chi connectivity index (χ1) is 11.7. The van der Waals surface area contributed by atoms with Crippen LogP contribution >= 0.6 is 0 Å². The van der Waals surface area contributed by atoms with E-state index in [9.17, 15) is 22.8 Å². The first-order valence-electron chi connectivity index (χ1n) is 8.15. The number of halogens is 3. The van der Waals surface area contributed by atoms with E-state index in [-0.39, 0.29) is 12.5 Å². The fraction of sp³-hybridized carbons (Fsp3) is 0.529. The van der Waals surface area contributed by atoms with Crippen molar-refractivity contribution in [1.29, 1.82) is 0 Å². The lowest BCUT2D eigenvalue weighted by Gasteiger charge is -2.24. The Labute approximate surface area is 144 Å². The van der Waals surface area contributed by atoms with Crippen LogP contribution in [0.5, 0.6) is 0 Å². The summed E-state index contributed by atoms with van der Waals surface area (Å²) >= 11 is 0. The largest absolute Gasteiger partial charge is 0.416 e. The minimum absolute atomic E-state index is 0.0544. The molecule has 2 rings (SSSR count). The van der Waals surface area contributed by atoms with Crippen molar-refractivity contribution >= 4 is 11.9 Å². The summed E-state index contributed by atoms with van der Waals surface area (Å²) in [4.78, 5) is 27.2. The molecule has 1 aromatic carbocycles. The third-order valence-corrected chi connectivity index (χ3v) is 4.23. The van der Waals surface area contributed by atoms with Gasteiger partial charge in [0.1, 0.15) is 6.54 Å². The number of nitrogens with one attached hydrogen (secondary N) is 1. The van der Waals surface area contributed by atoms with Crippen molar-refractivity contribution < 1.29 is 22.8 Å². The van der Waals surface area contributed by atoms with Crippen molar-refractivity contribution in [2.45, 2.75) is 32.0 Å². The molecule has 3 amide bonds. The van der Waals surface area contributed by atoms with Crippen molar-refractivity contribution in [2.75, 3.05) is 26.7 Å². The molecule has 8 heteroatoms. The van der Waals surface area contributed by atoms with Crippen molar-refractivity contribution in [3.63, 3.8) is 0 Å². The van der Waals surface area contributed by atoms with Crippen LogP contribution in [0, 0.1) is 0 Å². The summed E-state index contributed by atoms with van der Waals surface area (Å²) in [7, 11) is 1.49. The van der Waals surface area contributed by atoms with E-state index in [4.69, 9.17) is 0 Å². The topological polar surface area (TPSA) is 52.7 Å². The molecule has 1 fully saturated rings. The van der Waals surface area contributed by atoms with Crippen LogP contribution in [0.1, 0.15) is 36.9 Å². The molecular formula is C17H22F3N3O2. The van der Waals surface area contributed by atoms with Crippen LogP contribution in [0.15, 0.2) is 24.3 Å². The summed E-state index contributed by atoms with van der Waals surface area (Å²) < 4.78 is 38.3. The highest BCUT2D eigenvalue weighted by Crippen LogP contribution is 2.30. The van der Waals surface area contributed by atoms with Gasteiger partial charge in [-0.05, 0) is 37.5 Å². The maximum absolute atomic E-state index is 12.8. The average molecular weight is 357 g/mol. The number of rotatable bonds is 4. The summed E-state index contributed by atoms with van der Waals surface area (Å²) in [6, 6.07) is 3.72. The molecule has 25 heavy (non-hydrogen) atoms. The van der Waals surface area contributed by atoms with Gasteiger partial charge in [-0.2, -0.15) is 13.2 Å². The van der Waals surface area contributed by atoms with Crippen LogP contribution < -0.4 is 5.32 Å². The molecule has 1 saturated heterocycles. The Morgan fingerprint density at radius 2 is 1.92 bits per heavy atom. The number of amides is 3. The molecule has 0 unspecified atom stereocenters. The Morgan fingerprint density at radius 1 is 1.28 bits per heavy atom. The lowest BCUT2D eigenvalue weighted by molar-refractivity contribution is -0.137. The molecule has 1 aromatic rings. The molecule has 0 spiro atoms. The van der Waals surface area contributed by atoms with E-state index >= 15 is 0 Å². The summed E-state index contributed by atoms with van der Waals surface area (Å²) in [5.41, 5.74) is -0.411. The molecule has 0 radical (unpaired) electrons. The standard InChI is InChI=1S/C17H22F3N3O2/c1-12(13-6-5-7-14(10-13)17(18,19)20)21-16(25)22(2)11-15(24)23-8-3-4-9-23/h5-7,10,12H,3-4,8-9,11H2,1-2H3,(H,21,25)/t12-/m1/s1. The van der Waals surface area contributed by atoms with E-state index in [0.717, 1.165) is 25.0 Å². The number of benzene rings is 1. The average Bonchev–Trinajstić information content (AvgIpc) is 3.08. The SMILES string of the molecule is C[C@@H](NC(=O)N(C)CC(=O)N1CCCC1)c1cccc(C(F)(F)F)c1. The van der Waals surface area contributed by atoms with E-state index in [1.165, 1.54) is 24.1 Å². The highest BCUT2D eigenvalue weighted by atomic mass is 19.4. The summed E-state index contributed by atoms with van der Waals surface area (Å²) in [6.45, 7) is 2.95. The Hall–Kier alpha value is -2.25. The van der Waals surface area contributed by atoms with Crippen LogP contribution in [-0.4, -0.2) is 48.4 Å². The van der Waals surface area contributed by atoms with Gasteiger partial charge < -0.3 is 15.1 Å². The van der Waals surface area contributed by atoms with E-state index in [2.05, 4.69) is 5.32 Å². The minimum Gasteiger partial charge on any atom is -0.341 e. The number of urea groups is 1. The van der Waals surface area contributed by atoms with Crippen molar-refractivity contribution in [1.82, 2.24) is 15.1 Å². The molecule has 1 aliphatic rings. The smallest absolute Gasteiger partial charge is 0.341 e. The number of likely N-dealkylation sites (N-methyl/N-ethyl adjacent to an activating group) is 1. The number of carbonyl (C=O) groups is 2. The molecule has 1 aliphatic heterocycles. The van der Waals surface area contributed by atoms with E-state index in [1.54, 1.807) is 11.8 Å². The second-order valence-electron chi connectivity index (χ2n) is 6.24. The Kier molecular flexibility index (Phi) is 5.92. The molecule has 138 valence electrons. The van der Waals surface area contributed by atoms with Gasteiger partial charge in [-0.25, -0.2) is 4.79 Å². The zero-order valence-corrected chi connectivity index (χ0v) is 14.3. The van der Waals surface area contributed by atoms with Gasteiger partial charge in [0, 0.05) is 20.1 Å². The maximum atomic E-state index is 12.8.